The fourth-order valence-electron chi connectivity index (χ4n) is 3.63. The predicted octanol–water partition coefficient (Wildman–Crippen LogP) is 1.56. The number of guanidine groups is 1. The van der Waals surface area contributed by atoms with E-state index in [0.29, 0.717) is 56.2 Å². The van der Waals surface area contributed by atoms with E-state index >= 15 is 0 Å². The number of ether oxygens (including phenoxy) is 6. The molecule has 0 aliphatic rings. The SMILES string of the molecule is CCOC(C)OCCOCCOC(OC(C)=O)[n+]1ccc(NC(=NCCCCCCOc2ccc(Cl)cc2)NC#N)cc1.[Cl-]. The maximum absolute atomic E-state index is 11.6. The maximum atomic E-state index is 11.6. The Labute approximate surface area is 271 Å². The van der Waals surface area contributed by atoms with Gasteiger partial charge in [0.05, 0.1) is 38.7 Å². The summed E-state index contributed by atoms with van der Waals surface area (Å²) >= 11 is 5.88. The molecule has 0 aliphatic carbocycles. The quantitative estimate of drug-likeness (QED) is 0.0298. The number of unbranched alkanes of at least 4 members (excludes halogenated alkanes) is 3. The molecule has 1 aromatic carbocycles. The zero-order chi connectivity index (χ0) is 31.1. The van der Waals surface area contributed by atoms with Gasteiger partial charge in [-0.15, -0.1) is 4.57 Å². The highest BCUT2D eigenvalue weighted by Crippen LogP contribution is 2.16. The third-order valence-electron chi connectivity index (χ3n) is 5.67. The number of benzene rings is 1. The number of nitriles is 1. The predicted molar refractivity (Wildman–Crippen MR) is 161 cm³/mol. The van der Waals surface area contributed by atoms with E-state index in [1.165, 1.54) is 6.92 Å². The molecule has 44 heavy (non-hydrogen) atoms. The minimum Gasteiger partial charge on any atom is -1.00 e. The van der Waals surface area contributed by atoms with Crippen LogP contribution in [0.4, 0.5) is 5.69 Å². The maximum Gasteiger partial charge on any atom is 0.426 e. The zero-order valence-electron chi connectivity index (χ0n) is 25.5. The summed E-state index contributed by atoms with van der Waals surface area (Å²) in [6, 6.07) is 10.8. The fraction of sp³-hybridized carbons (Fsp3) is 0.533. The van der Waals surface area contributed by atoms with Crippen LogP contribution in [0.15, 0.2) is 53.8 Å². The number of hydrogen-bond donors (Lipinski definition) is 2. The summed E-state index contributed by atoms with van der Waals surface area (Å²) in [6.45, 7) is 8.09. The smallest absolute Gasteiger partial charge is 0.426 e. The lowest BCUT2D eigenvalue weighted by molar-refractivity contribution is -0.799. The van der Waals surface area contributed by atoms with Gasteiger partial charge >= 0.3 is 12.4 Å². The first-order valence-corrected chi connectivity index (χ1v) is 14.7. The van der Waals surface area contributed by atoms with Crippen LogP contribution >= 0.6 is 11.6 Å². The van der Waals surface area contributed by atoms with E-state index in [2.05, 4.69) is 15.6 Å². The minimum atomic E-state index is -0.966. The Kier molecular flexibility index (Phi) is 21.3. The molecule has 0 bridgehead atoms. The summed E-state index contributed by atoms with van der Waals surface area (Å²) in [5, 5.41) is 15.5. The molecule has 2 N–H and O–H groups in total. The minimum absolute atomic E-state index is 0. The van der Waals surface area contributed by atoms with Crippen LogP contribution in [0.3, 0.4) is 0 Å². The summed E-state index contributed by atoms with van der Waals surface area (Å²) in [5.74, 6) is 0.667. The van der Waals surface area contributed by atoms with Gasteiger partial charge in [0, 0.05) is 37.2 Å². The van der Waals surface area contributed by atoms with Crippen LogP contribution in [0, 0.1) is 11.5 Å². The van der Waals surface area contributed by atoms with E-state index in [1.54, 1.807) is 41.2 Å². The number of halogens is 2. The largest absolute Gasteiger partial charge is 1.00 e. The Morgan fingerprint density at radius 3 is 2.32 bits per heavy atom. The highest BCUT2D eigenvalue weighted by Gasteiger charge is 2.22. The van der Waals surface area contributed by atoms with Gasteiger partial charge in [0.25, 0.3) is 0 Å². The molecule has 0 spiro atoms. The second-order valence-corrected chi connectivity index (χ2v) is 9.57. The van der Waals surface area contributed by atoms with Crippen LogP contribution in [-0.4, -0.2) is 64.4 Å². The highest BCUT2D eigenvalue weighted by molar-refractivity contribution is 6.30. The van der Waals surface area contributed by atoms with Gasteiger partial charge in [-0.05, 0) is 57.4 Å². The summed E-state index contributed by atoms with van der Waals surface area (Å²) in [6.07, 6.45) is 7.84. The lowest BCUT2D eigenvalue weighted by Gasteiger charge is -2.14. The van der Waals surface area contributed by atoms with Crippen LogP contribution in [0.5, 0.6) is 5.75 Å². The van der Waals surface area contributed by atoms with E-state index < -0.39 is 12.4 Å². The molecular weight excluding hydrogens is 613 g/mol. The van der Waals surface area contributed by atoms with E-state index in [9.17, 15) is 4.79 Å². The molecule has 1 heterocycles. The molecule has 14 heteroatoms. The average molecular weight is 657 g/mol. The van der Waals surface area contributed by atoms with Crippen molar-refractivity contribution in [1.29, 1.82) is 5.26 Å². The van der Waals surface area contributed by atoms with Gasteiger partial charge in [0.1, 0.15) is 5.75 Å². The van der Waals surface area contributed by atoms with Gasteiger partial charge in [-0.3, -0.25) is 19.8 Å². The van der Waals surface area contributed by atoms with E-state index in [0.717, 1.165) is 31.4 Å². The average Bonchev–Trinajstić information content (AvgIpc) is 2.98. The molecule has 2 aromatic rings. The Morgan fingerprint density at radius 1 is 0.977 bits per heavy atom. The van der Waals surface area contributed by atoms with Crippen molar-refractivity contribution in [3.8, 4) is 11.9 Å². The summed E-state index contributed by atoms with van der Waals surface area (Å²) < 4.78 is 34.6. The van der Waals surface area contributed by atoms with Gasteiger partial charge in [-0.25, -0.2) is 0 Å². The van der Waals surface area contributed by atoms with Crippen LogP contribution < -0.4 is 32.3 Å². The number of aromatic nitrogens is 1. The second-order valence-electron chi connectivity index (χ2n) is 9.14. The van der Waals surface area contributed by atoms with Crippen LogP contribution in [0.25, 0.3) is 0 Å². The molecule has 244 valence electrons. The van der Waals surface area contributed by atoms with Crippen molar-refractivity contribution in [3.05, 3.63) is 53.8 Å². The number of carbonyl (C=O) groups is 1. The summed E-state index contributed by atoms with van der Waals surface area (Å²) in [5.41, 5.74) is 0.684. The summed E-state index contributed by atoms with van der Waals surface area (Å²) in [7, 11) is 0. The van der Waals surface area contributed by atoms with Crippen LogP contribution in [-0.2, 0) is 28.5 Å². The molecule has 0 saturated heterocycles. The summed E-state index contributed by atoms with van der Waals surface area (Å²) in [4.78, 5) is 16.1. The normalized spacial score (nSPS) is 12.4. The second kappa shape index (κ2) is 24.2. The van der Waals surface area contributed by atoms with Gasteiger partial charge in [-0.1, -0.05) is 18.0 Å². The Hall–Kier alpha value is -3.18. The molecule has 0 radical (unpaired) electrons. The van der Waals surface area contributed by atoms with Crippen molar-refractivity contribution < 1.29 is 50.2 Å². The van der Waals surface area contributed by atoms with Crippen molar-refractivity contribution in [2.75, 3.05) is 51.5 Å². The Morgan fingerprint density at radius 2 is 1.66 bits per heavy atom. The van der Waals surface area contributed by atoms with Gasteiger partial charge < -0.3 is 41.4 Å². The number of hydrogen-bond acceptors (Lipinski definition) is 9. The number of nitrogens with one attached hydrogen (secondary N) is 2. The number of carbonyl (C=O) groups excluding carboxylic acids is 1. The first-order valence-electron chi connectivity index (χ1n) is 14.4. The zero-order valence-corrected chi connectivity index (χ0v) is 27.0. The van der Waals surface area contributed by atoms with E-state index in [-0.39, 0.29) is 25.3 Å². The highest BCUT2D eigenvalue weighted by atomic mass is 35.5. The number of anilines is 1. The molecule has 1 aromatic heterocycles. The van der Waals surface area contributed by atoms with E-state index in [1.807, 2.05) is 32.2 Å². The van der Waals surface area contributed by atoms with Crippen molar-refractivity contribution in [2.24, 2.45) is 4.99 Å². The van der Waals surface area contributed by atoms with Crippen molar-refractivity contribution >= 4 is 29.2 Å². The lowest BCUT2D eigenvalue weighted by atomic mass is 10.2. The number of rotatable bonds is 21. The topological polar surface area (TPSA) is 137 Å². The Balaban J connectivity index is 0.00000968. The molecular formula is C30H43Cl2N5O7. The van der Waals surface area contributed by atoms with Gasteiger partial charge in [0.2, 0.25) is 5.96 Å². The molecule has 2 unspecified atom stereocenters. The number of esters is 1. The first kappa shape index (κ1) is 38.8. The molecule has 0 amide bonds. The number of nitrogens with zero attached hydrogens (tertiary/aromatic N) is 3. The molecule has 0 aliphatic heterocycles. The molecule has 2 atom stereocenters. The Bertz CT molecular complexity index is 1120. The molecule has 0 fully saturated rings. The van der Waals surface area contributed by atoms with Crippen LogP contribution in [0.1, 0.15) is 52.9 Å². The number of aliphatic imine (C=N–C) groups is 1. The van der Waals surface area contributed by atoms with Crippen LogP contribution in [0.2, 0.25) is 5.02 Å². The van der Waals surface area contributed by atoms with Crippen molar-refractivity contribution in [1.82, 2.24) is 5.32 Å². The molecule has 12 nitrogen and oxygen atoms in total. The molecule has 2 rings (SSSR count). The number of pyridine rings is 1. The fourth-order valence-corrected chi connectivity index (χ4v) is 3.76. The van der Waals surface area contributed by atoms with Crippen molar-refractivity contribution in [3.63, 3.8) is 0 Å². The van der Waals surface area contributed by atoms with Gasteiger partial charge in [-0.2, -0.15) is 5.26 Å². The molecule has 0 saturated carbocycles. The first-order chi connectivity index (χ1) is 20.9. The lowest BCUT2D eigenvalue weighted by Crippen LogP contribution is -3.00. The third-order valence-corrected chi connectivity index (χ3v) is 5.93. The van der Waals surface area contributed by atoms with E-state index in [4.69, 9.17) is 45.3 Å². The monoisotopic (exact) mass is 655 g/mol. The van der Waals surface area contributed by atoms with Crippen molar-refractivity contribution in [2.45, 2.75) is 59.2 Å². The van der Waals surface area contributed by atoms with Gasteiger partial charge in [0.15, 0.2) is 24.9 Å². The third kappa shape index (κ3) is 17.8. The standard InChI is InChI=1S/C30H42ClN5O7.ClH/c1-4-39-25(3)40-21-19-38-20-22-42-30(43-24(2)37)36-16-13-27(14-17-36)35-29(34-23-32)33-15-7-5-6-8-18-41-28-11-9-26(31)10-12-28;/h9-14,16-17,25,30H,4-8,15,18-22H2,1-3H3,(H,33,34);1H.